The lowest BCUT2D eigenvalue weighted by Crippen LogP contribution is -2.30. The first-order valence-corrected chi connectivity index (χ1v) is 35.6. The van der Waals surface area contributed by atoms with Gasteiger partial charge in [-0.2, -0.15) is 0 Å². The highest BCUT2D eigenvalue weighted by Crippen LogP contribution is 2.19. The molecule has 0 aliphatic heterocycles. The van der Waals surface area contributed by atoms with Crippen LogP contribution in [-0.4, -0.2) is 37.2 Å². The highest BCUT2D eigenvalue weighted by Gasteiger charge is 2.19. The van der Waals surface area contributed by atoms with Crippen LogP contribution < -0.4 is 0 Å². The normalized spacial score (nSPS) is 12.3. The fourth-order valence-corrected chi connectivity index (χ4v) is 10.8. The first kappa shape index (κ1) is 77.4. The minimum Gasteiger partial charge on any atom is -0.462 e. The van der Waals surface area contributed by atoms with Crippen LogP contribution in [0.1, 0.15) is 387 Å². The summed E-state index contributed by atoms with van der Waals surface area (Å²) >= 11 is 0. The summed E-state index contributed by atoms with van der Waals surface area (Å²) in [6.07, 6.45) is 87.5. The number of esters is 3. The molecule has 0 amide bonds. The molecule has 468 valence electrons. The lowest BCUT2D eigenvalue weighted by molar-refractivity contribution is -0.166. The zero-order valence-corrected chi connectivity index (χ0v) is 53.9. The molecule has 0 aromatic heterocycles. The maximum atomic E-state index is 12.9. The van der Waals surface area contributed by atoms with Crippen molar-refractivity contribution in [2.75, 3.05) is 13.2 Å². The summed E-state index contributed by atoms with van der Waals surface area (Å²) in [5, 5.41) is 0. The van der Waals surface area contributed by atoms with E-state index < -0.39 is 6.10 Å². The van der Waals surface area contributed by atoms with Crippen molar-refractivity contribution in [3.63, 3.8) is 0 Å². The van der Waals surface area contributed by atoms with Gasteiger partial charge in [-0.05, 0) is 44.9 Å². The van der Waals surface area contributed by atoms with Gasteiger partial charge in [-0.1, -0.05) is 371 Å². The zero-order valence-electron chi connectivity index (χ0n) is 53.9. The van der Waals surface area contributed by atoms with E-state index in [0.717, 1.165) is 64.2 Å². The van der Waals surface area contributed by atoms with Gasteiger partial charge >= 0.3 is 17.9 Å². The van der Waals surface area contributed by atoms with Gasteiger partial charge in [0.1, 0.15) is 13.2 Å². The Kier molecular flexibility index (Phi) is 66.6. The van der Waals surface area contributed by atoms with Crippen LogP contribution in [0.25, 0.3) is 0 Å². The van der Waals surface area contributed by atoms with Crippen LogP contribution in [0.15, 0.2) is 48.6 Å². The van der Waals surface area contributed by atoms with Gasteiger partial charge in [0.15, 0.2) is 6.10 Å². The zero-order chi connectivity index (χ0) is 57.8. The summed E-state index contributed by atoms with van der Waals surface area (Å²) in [5.74, 6) is -0.948. The van der Waals surface area contributed by atoms with E-state index in [0.29, 0.717) is 19.3 Å². The summed E-state index contributed by atoms with van der Waals surface area (Å²) in [4.78, 5) is 38.3. The molecule has 0 aliphatic carbocycles. The minimum atomic E-state index is -0.800. The minimum absolute atomic E-state index is 0.0897. The van der Waals surface area contributed by atoms with E-state index in [2.05, 4.69) is 63.3 Å². The molecule has 0 radical (unpaired) electrons. The molecular formula is C74H136O6. The first-order valence-electron chi connectivity index (χ1n) is 35.6. The molecule has 0 bridgehead atoms. The van der Waals surface area contributed by atoms with E-state index in [4.69, 9.17) is 14.2 Å². The van der Waals surface area contributed by atoms with Crippen molar-refractivity contribution in [1.82, 2.24) is 0 Å². The molecule has 6 heteroatoms. The molecule has 6 nitrogen and oxygen atoms in total. The van der Waals surface area contributed by atoms with Crippen LogP contribution in [-0.2, 0) is 28.6 Å². The molecule has 0 rings (SSSR count). The van der Waals surface area contributed by atoms with Gasteiger partial charge in [-0.3, -0.25) is 14.4 Å². The number of unbranched alkanes of at least 4 members (excludes halogenated alkanes) is 47. The van der Waals surface area contributed by atoms with E-state index in [1.165, 1.54) is 276 Å². The molecule has 0 aliphatic rings. The molecule has 0 spiro atoms. The summed E-state index contributed by atoms with van der Waals surface area (Å²) in [5.41, 5.74) is 0. The standard InChI is InChI=1S/C74H136O6/c1-4-7-10-13-16-19-22-25-27-29-31-33-34-35-36-37-38-39-40-41-43-44-46-49-52-55-58-61-64-67-73(76)79-70-71(69-78-72(75)66-63-60-57-54-51-48-24-21-18-15-12-9-6-3)80-74(77)68-65-62-59-56-53-50-47-45-42-32-30-28-26-23-20-17-14-11-8-5-2/h9,12,18,21,48,51,57,60,71H,4-8,10-11,13-17,19-20,22-47,49-50,52-56,58-59,61-70H2,1-3H3/b12-9-,21-18-,51-48-,60-57-. The number of carbonyl (C=O) groups excluding carboxylic acids is 3. The first-order chi connectivity index (χ1) is 39.5. The summed E-state index contributed by atoms with van der Waals surface area (Å²) in [7, 11) is 0. The Bertz CT molecular complexity index is 1380. The molecule has 0 aromatic rings. The summed E-state index contributed by atoms with van der Waals surface area (Å²) < 4.78 is 16.9. The molecule has 0 fully saturated rings. The maximum Gasteiger partial charge on any atom is 0.306 e. The predicted octanol–water partition coefficient (Wildman–Crippen LogP) is 24.5. The van der Waals surface area contributed by atoms with Gasteiger partial charge in [0.25, 0.3) is 0 Å². The molecule has 0 heterocycles. The Morgan fingerprint density at radius 1 is 0.263 bits per heavy atom. The van der Waals surface area contributed by atoms with E-state index in [1.807, 2.05) is 6.08 Å². The van der Waals surface area contributed by atoms with E-state index in [1.54, 1.807) is 0 Å². The number of ether oxygens (including phenoxy) is 3. The lowest BCUT2D eigenvalue weighted by Gasteiger charge is -2.18. The van der Waals surface area contributed by atoms with Crippen molar-refractivity contribution in [1.29, 1.82) is 0 Å². The highest BCUT2D eigenvalue weighted by molar-refractivity contribution is 5.71. The Hall–Kier alpha value is -2.63. The number of allylic oxidation sites excluding steroid dienone is 8. The molecule has 80 heavy (non-hydrogen) atoms. The SMILES string of the molecule is CC/C=C\C/C=C\C/C=C\C/C=C\CCC(=O)OCC(COC(=O)CCCCCCCCCCCCCCCCCCCCCCCCCCCCCCC)OC(=O)CCCCCCCCCCCCCCCCCCCCCC. The van der Waals surface area contributed by atoms with Gasteiger partial charge in [-0.25, -0.2) is 0 Å². The smallest absolute Gasteiger partial charge is 0.306 e. The van der Waals surface area contributed by atoms with Gasteiger partial charge in [0, 0.05) is 19.3 Å². The van der Waals surface area contributed by atoms with E-state index in [-0.39, 0.29) is 37.5 Å². The molecule has 0 aromatic carbocycles. The second-order valence-electron chi connectivity index (χ2n) is 24.1. The second kappa shape index (κ2) is 68.9. The van der Waals surface area contributed by atoms with Gasteiger partial charge in [0.2, 0.25) is 0 Å². The predicted molar refractivity (Wildman–Crippen MR) is 349 cm³/mol. The molecule has 1 atom stereocenters. The molecular weight excluding hydrogens is 985 g/mol. The van der Waals surface area contributed by atoms with Gasteiger partial charge in [-0.15, -0.1) is 0 Å². The maximum absolute atomic E-state index is 12.9. The highest BCUT2D eigenvalue weighted by atomic mass is 16.6. The van der Waals surface area contributed by atoms with Gasteiger partial charge in [0.05, 0.1) is 0 Å². The molecule has 1 unspecified atom stereocenters. The monoisotopic (exact) mass is 1120 g/mol. The third-order valence-corrected chi connectivity index (χ3v) is 16.1. The Morgan fingerprint density at radius 2 is 0.487 bits per heavy atom. The molecule has 0 N–H and O–H groups in total. The molecule has 0 saturated carbocycles. The van der Waals surface area contributed by atoms with Crippen LogP contribution in [0.2, 0.25) is 0 Å². The lowest BCUT2D eigenvalue weighted by atomic mass is 10.0. The number of hydrogen-bond donors (Lipinski definition) is 0. The average Bonchev–Trinajstić information content (AvgIpc) is 3.46. The quantitative estimate of drug-likeness (QED) is 0.0261. The van der Waals surface area contributed by atoms with Crippen molar-refractivity contribution in [2.45, 2.75) is 393 Å². The van der Waals surface area contributed by atoms with Crippen molar-refractivity contribution >= 4 is 17.9 Å². The summed E-state index contributed by atoms with van der Waals surface area (Å²) in [6.45, 7) is 6.54. The van der Waals surface area contributed by atoms with E-state index in [9.17, 15) is 14.4 Å². The average molecular weight is 1120 g/mol. The number of carbonyl (C=O) groups is 3. The number of hydrogen-bond acceptors (Lipinski definition) is 6. The van der Waals surface area contributed by atoms with Crippen molar-refractivity contribution in [3.05, 3.63) is 48.6 Å². The van der Waals surface area contributed by atoms with Crippen molar-refractivity contribution < 1.29 is 28.6 Å². The second-order valence-corrected chi connectivity index (χ2v) is 24.1. The topological polar surface area (TPSA) is 78.9 Å². The van der Waals surface area contributed by atoms with Crippen LogP contribution in [0.3, 0.4) is 0 Å². The third kappa shape index (κ3) is 66.2. The van der Waals surface area contributed by atoms with Gasteiger partial charge < -0.3 is 14.2 Å². The van der Waals surface area contributed by atoms with Crippen LogP contribution >= 0.6 is 0 Å². The largest absolute Gasteiger partial charge is 0.462 e. The van der Waals surface area contributed by atoms with E-state index >= 15 is 0 Å². The Balaban J connectivity index is 4.20. The third-order valence-electron chi connectivity index (χ3n) is 16.1. The van der Waals surface area contributed by atoms with Crippen LogP contribution in [0, 0.1) is 0 Å². The van der Waals surface area contributed by atoms with Crippen molar-refractivity contribution in [3.8, 4) is 0 Å². The fourth-order valence-electron chi connectivity index (χ4n) is 10.8. The van der Waals surface area contributed by atoms with Crippen molar-refractivity contribution in [2.24, 2.45) is 0 Å². The fraction of sp³-hybridized carbons (Fsp3) is 0.851. The molecule has 0 saturated heterocycles. The van der Waals surface area contributed by atoms with Crippen LogP contribution in [0.5, 0.6) is 0 Å². The van der Waals surface area contributed by atoms with Crippen LogP contribution in [0.4, 0.5) is 0 Å². The number of rotatable bonds is 66. The Labute approximate surface area is 498 Å². The Morgan fingerprint density at radius 3 is 0.762 bits per heavy atom. The summed E-state index contributed by atoms with van der Waals surface area (Å²) in [6, 6.07) is 0.